The lowest BCUT2D eigenvalue weighted by atomic mass is 9.91. The lowest BCUT2D eigenvalue weighted by Gasteiger charge is -2.21. The standard InChI is InChI=1S/C10H21NO3.C9H19NO3.C8H17NO4.C7H15NO3/c1-2-3-4-5-6-7-8-10(9-12)11(13)14;1-3-5-6-7-9(4-2,8-11)10(12)13;1-2-3-4-5-8(6-10,7-11)9(12)13;1-3-4-5-7(2,6-9)8(10)11/h10,12H,2-9H2,1H3;11H,3-8H2,1-2H3;10-11H,2-7H2,1H3;9H,3-6H2,1-2H3. The van der Waals surface area contributed by atoms with E-state index in [1.54, 1.807) is 6.92 Å². The molecule has 17 heteroatoms. The number of nitro groups is 4. The van der Waals surface area contributed by atoms with Crippen LogP contribution in [-0.2, 0) is 0 Å². The largest absolute Gasteiger partial charge is 0.389 e. The summed E-state index contributed by atoms with van der Waals surface area (Å²) in [5.74, 6) is 0. The van der Waals surface area contributed by atoms with Gasteiger partial charge in [0.05, 0.1) is 0 Å². The fourth-order valence-corrected chi connectivity index (χ4v) is 4.68. The van der Waals surface area contributed by atoms with Crippen molar-refractivity contribution in [3.8, 4) is 0 Å². The van der Waals surface area contributed by atoms with Crippen molar-refractivity contribution in [2.75, 3.05) is 33.0 Å². The quantitative estimate of drug-likeness (QED) is 0.0343. The molecule has 0 aliphatic rings. The summed E-state index contributed by atoms with van der Waals surface area (Å²) in [6.07, 6.45) is 15.9. The maximum absolute atomic E-state index is 10.7. The number of nitrogens with zero attached hydrogens (tertiary/aromatic N) is 4. The van der Waals surface area contributed by atoms with Gasteiger partial charge >= 0.3 is 0 Å². The third-order valence-corrected chi connectivity index (χ3v) is 9.06. The third-order valence-electron chi connectivity index (χ3n) is 9.06. The molecule has 0 saturated carbocycles. The normalized spacial score (nSPS) is 13.8. The maximum Gasteiger partial charge on any atom is 0.267 e. The molecule has 0 saturated heterocycles. The van der Waals surface area contributed by atoms with Gasteiger partial charge in [0.1, 0.15) is 33.0 Å². The molecular weight excluding hydrogens is 672 g/mol. The highest BCUT2D eigenvalue weighted by Gasteiger charge is 2.41. The highest BCUT2D eigenvalue weighted by Crippen LogP contribution is 2.22. The molecule has 51 heavy (non-hydrogen) atoms. The third kappa shape index (κ3) is 25.9. The van der Waals surface area contributed by atoms with Crippen LogP contribution in [0.4, 0.5) is 0 Å². The molecule has 0 rings (SSSR count). The molecule has 3 unspecified atom stereocenters. The molecule has 0 aromatic heterocycles. The lowest BCUT2D eigenvalue weighted by molar-refractivity contribution is -0.578. The van der Waals surface area contributed by atoms with Gasteiger partial charge in [-0.05, 0) is 25.7 Å². The molecule has 0 aromatic carbocycles. The van der Waals surface area contributed by atoms with Crippen LogP contribution in [0.1, 0.15) is 164 Å². The van der Waals surface area contributed by atoms with Gasteiger partial charge in [-0.1, -0.05) is 98.8 Å². The molecule has 0 aliphatic carbocycles. The molecular formula is C34H72N4O13. The molecule has 3 atom stereocenters. The van der Waals surface area contributed by atoms with Crippen LogP contribution in [0.15, 0.2) is 0 Å². The molecule has 0 bridgehead atoms. The van der Waals surface area contributed by atoms with Crippen LogP contribution in [0.25, 0.3) is 0 Å². The number of aliphatic hydroxyl groups excluding tert-OH is 5. The Morgan fingerprint density at radius 3 is 1.20 bits per heavy atom. The van der Waals surface area contributed by atoms with E-state index in [9.17, 15) is 40.5 Å². The fraction of sp³-hybridized carbons (Fsp3) is 1.00. The minimum Gasteiger partial charge on any atom is -0.389 e. The van der Waals surface area contributed by atoms with Crippen LogP contribution in [0.2, 0.25) is 0 Å². The Bertz CT molecular complexity index is 839. The van der Waals surface area contributed by atoms with Crippen molar-refractivity contribution < 1.29 is 45.2 Å². The van der Waals surface area contributed by atoms with Crippen LogP contribution >= 0.6 is 0 Å². The zero-order valence-corrected chi connectivity index (χ0v) is 32.3. The van der Waals surface area contributed by atoms with Gasteiger partial charge in [0.15, 0.2) is 0 Å². The van der Waals surface area contributed by atoms with Crippen molar-refractivity contribution in [3.05, 3.63) is 40.5 Å². The topological polar surface area (TPSA) is 274 Å². The molecule has 0 heterocycles. The summed E-state index contributed by atoms with van der Waals surface area (Å²) in [5.41, 5.74) is -3.75. The van der Waals surface area contributed by atoms with Gasteiger partial charge in [-0.2, -0.15) is 0 Å². The highest BCUT2D eigenvalue weighted by atomic mass is 16.6. The number of aliphatic hydroxyl groups is 5. The van der Waals surface area contributed by atoms with Gasteiger partial charge in [-0.15, -0.1) is 0 Å². The molecule has 0 fully saturated rings. The average Bonchev–Trinajstić information content (AvgIpc) is 3.11. The Kier molecular flexibility index (Phi) is 37.3. The summed E-state index contributed by atoms with van der Waals surface area (Å²) in [6, 6.07) is -0.749. The summed E-state index contributed by atoms with van der Waals surface area (Å²) in [6.45, 7) is 9.16. The van der Waals surface area contributed by atoms with E-state index in [1.165, 1.54) is 26.2 Å². The Balaban J connectivity index is -0.000000290. The first-order chi connectivity index (χ1) is 24.0. The first-order valence-electron chi connectivity index (χ1n) is 18.7. The number of unbranched alkanes of at least 4 members (excludes halogenated alkanes) is 10. The second kappa shape index (κ2) is 34.5. The van der Waals surface area contributed by atoms with Crippen LogP contribution in [0.3, 0.4) is 0 Å². The van der Waals surface area contributed by atoms with Crippen molar-refractivity contribution in [2.45, 2.75) is 186 Å². The number of rotatable bonds is 28. The van der Waals surface area contributed by atoms with Crippen LogP contribution in [-0.4, -0.2) is 101 Å². The summed E-state index contributed by atoms with van der Waals surface area (Å²) in [4.78, 5) is 40.3. The van der Waals surface area contributed by atoms with Crippen molar-refractivity contribution in [1.29, 1.82) is 0 Å². The van der Waals surface area contributed by atoms with E-state index < -0.39 is 45.7 Å². The molecule has 0 spiro atoms. The Morgan fingerprint density at radius 2 is 0.882 bits per heavy atom. The van der Waals surface area contributed by atoms with E-state index >= 15 is 0 Å². The molecule has 0 amide bonds. The van der Waals surface area contributed by atoms with E-state index in [2.05, 4.69) is 13.8 Å². The first-order valence-corrected chi connectivity index (χ1v) is 18.7. The second-order valence-corrected chi connectivity index (χ2v) is 13.4. The highest BCUT2D eigenvalue weighted by molar-refractivity contribution is 4.78. The SMILES string of the molecule is CCCCC(C)(CO)[N+](=O)[O-].CCCCCC(CC)(CO)[N+](=O)[O-].CCCCCC(CO)(CO)[N+](=O)[O-].CCCCCCCCC(CO)[N+](=O)[O-]. The van der Waals surface area contributed by atoms with Crippen molar-refractivity contribution in [3.63, 3.8) is 0 Å². The smallest absolute Gasteiger partial charge is 0.267 e. The molecule has 5 N–H and O–H groups in total. The van der Waals surface area contributed by atoms with Crippen molar-refractivity contribution in [1.82, 2.24) is 0 Å². The molecule has 17 nitrogen and oxygen atoms in total. The van der Waals surface area contributed by atoms with Crippen LogP contribution in [0, 0.1) is 40.5 Å². The zero-order valence-electron chi connectivity index (χ0n) is 32.3. The van der Waals surface area contributed by atoms with Gasteiger partial charge in [-0.25, -0.2) is 0 Å². The first kappa shape index (κ1) is 55.2. The van der Waals surface area contributed by atoms with Crippen molar-refractivity contribution in [2.24, 2.45) is 0 Å². The molecule has 306 valence electrons. The minimum absolute atomic E-state index is 0.237. The Labute approximate surface area is 304 Å². The van der Waals surface area contributed by atoms with Gasteiger partial charge < -0.3 is 25.5 Å². The van der Waals surface area contributed by atoms with Gasteiger partial charge in [0.25, 0.3) is 5.54 Å². The maximum atomic E-state index is 10.7. The summed E-state index contributed by atoms with van der Waals surface area (Å²) >= 11 is 0. The average molecular weight is 745 g/mol. The van der Waals surface area contributed by atoms with E-state index in [1.807, 2.05) is 13.8 Å². The van der Waals surface area contributed by atoms with E-state index in [-0.39, 0.29) is 36.1 Å². The molecule has 0 aromatic rings. The second-order valence-electron chi connectivity index (χ2n) is 13.4. The predicted octanol–water partition coefficient (Wildman–Crippen LogP) is 6.13. The van der Waals surface area contributed by atoms with Crippen LogP contribution in [0.5, 0.6) is 0 Å². The van der Waals surface area contributed by atoms with E-state index in [0.717, 1.165) is 64.2 Å². The minimum atomic E-state index is -1.53. The lowest BCUT2D eigenvalue weighted by Crippen LogP contribution is -2.45. The van der Waals surface area contributed by atoms with E-state index in [4.69, 9.17) is 25.5 Å². The molecule has 0 radical (unpaired) electrons. The predicted molar refractivity (Wildman–Crippen MR) is 197 cm³/mol. The summed E-state index contributed by atoms with van der Waals surface area (Å²) in [5, 5.41) is 86.2. The summed E-state index contributed by atoms with van der Waals surface area (Å²) < 4.78 is 0. The monoisotopic (exact) mass is 745 g/mol. The molecule has 0 aliphatic heterocycles. The number of hydrogen-bond acceptors (Lipinski definition) is 13. The Morgan fingerprint density at radius 1 is 0.490 bits per heavy atom. The zero-order chi connectivity index (χ0) is 40.4. The van der Waals surface area contributed by atoms with Gasteiger partial charge in [0, 0.05) is 58.7 Å². The fourth-order valence-electron chi connectivity index (χ4n) is 4.68. The van der Waals surface area contributed by atoms with Gasteiger partial charge in [-0.3, -0.25) is 40.5 Å². The van der Waals surface area contributed by atoms with Gasteiger partial charge in [0.2, 0.25) is 17.1 Å². The van der Waals surface area contributed by atoms with Crippen molar-refractivity contribution >= 4 is 0 Å². The van der Waals surface area contributed by atoms with Crippen LogP contribution < -0.4 is 0 Å². The summed E-state index contributed by atoms with van der Waals surface area (Å²) in [7, 11) is 0. The Hall–Kier alpha value is -2.60. The number of hydrogen-bond donors (Lipinski definition) is 5. The van der Waals surface area contributed by atoms with E-state index in [0.29, 0.717) is 32.1 Å².